The second kappa shape index (κ2) is 9.31. The molecule has 0 aliphatic rings. The summed E-state index contributed by atoms with van der Waals surface area (Å²) in [5, 5.41) is 5.98. The third kappa shape index (κ3) is 6.52. The summed E-state index contributed by atoms with van der Waals surface area (Å²) in [4.78, 5) is 16.0. The minimum absolute atomic E-state index is 0.0784. The summed E-state index contributed by atoms with van der Waals surface area (Å²) >= 11 is 0. The smallest absolute Gasteiger partial charge is 0.252 e. The van der Waals surface area contributed by atoms with E-state index < -0.39 is 0 Å². The molecule has 0 aromatic carbocycles. The normalized spacial score (nSPS) is 10.6. The molecule has 1 amide bonds. The van der Waals surface area contributed by atoms with Crippen LogP contribution in [0.5, 0.6) is 0 Å². The Morgan fingerprint density at radius 1 is 1.35 bits per heavy atom. The highest BCUT2D eigenvalue weighted by atomic mass is 16.5. The van der Waals surface area contributed by atoms with E-state index in [-0.39, 0.29) is 12.0 Å². The molecule has 0 saturated carbocycles. The van der Waals surface area contributed by atoms with Gasteiger partial charge in [0.05, 0.1) is 11.7 Å². The van der Waals surface area contributed by atoms with Crippen molar-refractivity contribution in [3.8, 4) is 0 Å². The van der Waals surface area contributed by atoms with Crippen LogP contribution >= 0.6 is 0 Å². The maximum Gasteiger partial charge on any atom is 0.252 e. The minimum atomic E-state index is -0.0784. The molecule has 0 saturated heterocycles. The fraction of sp³-hybridized carbons (Fsp3) is 0.600. The van der Waals surface area contributed by atoms with Gasteiger partial charge in [0, 0.05) is 25.9 Å². The molecule has 0 spiro atoms. The van der Waals surface area contributed by atoms with Crippen LogP contribution in [0.1, 0.15) is 44.0 Å². The molecule has 5 heteroatoms. The number of hydrogen-bond acceptors (Lipinski definition) is 4. The summed E-state index contributed by atoms with van der Waals surface area (Å²) < 4.78 is 5.44. The molecule has 112 valence electrons. The van der Waals surface area contributed by atoms with Crippen LogP contribution in [0, 0.1) is 0 Å². The molecule has 0 aliphatic heterocycles. The van der Waals surface area contributed by atoms with Crippen LogP contribution in [0.3, 0.4) is 0 Å². The summed E-state index contributed by atoms with van der Waals surface area (Å²) in [5.41, 5.74) is 0.588. The molecule has 0 radical (unpaired) electrons. The molecule has 0 atom stereocenters. The van der Waals surface area contributed by atoms with Gasteiger partial charge in [-0.25, -0.2) is 4.98 Å². The number of rotatable bonds is 9. The number of nitrogens with one attached hydrogen (secondary N) is 2. The quantitative estimate of drug-likeness (QED) is 0.682. The number of pyridine rings is 1. The molecule has 1 heterocycles. The Morgan fingerprint density at radius 3 is 2.75 bits per heavy atom. The van der Waals surface area contributed by atoms with Gasteiger partial charge in [-0.15, -0.1) is 0 Å². The third-order valence-electron chi connectivity index (χ3n) is 2.69. The summed E-state index contributed by atoms with van der Waals surface area (Å²) in [5.74, 6) is 0.709. The van der Waals surface area contributed by atoms with Crippen molar-refractivity contribution in [2.75, 3.05) is 25.0 Å². The Kier molecular flexibility index (Phi) is 7.65. The molecule has 0 bridgehead atoms. The van der Waals surface area contributed by atoms with E-state index in [9.17, 15) is 4.79 Å². The van der Waals surface area contributed by atoms with Crippen LogP contribution in [0.4, 0.5) is 5.82 Å². The first kappa shape index (κ1) is 16.4. The van der Waals surface area contributed by atoms with E-state index >= 15 is 0 Å². The van der Waals surface area contributed by atoms with E-state index in [2.05, 4.69) is 15.6 Å². The van der Waals surface area contributed by atoms with Crippen molar-refractivity contribution in [3.63, 3.8) is 0 Å². The number of nitrogens with zero attached hydrogens (tertiary/aromatic N) is 1. The third-order valence-corrected chi connectivity index (χ3v) is 2.69. The van der Waals surface area contributed by atoms with Gasteiger partial charge in [0.25, 0.3) is 5.91 Å². The predicted octanol–water partition coefficient (Wildman–Crippen LogP) is 2.45. The Morgan fingerprint density at radius 2 is 2.15 bits per heavy atom. The van der Waals surface area contributed by atoms with Gasteiger partial charge >= 0.3 is 0 Å². The number of aromatic nitrogens is 1. The van der Waals surface area contributed by atoms with Crippen LogP contribution in [-0.4, -0.2) is 36.7 Å². The lowest BCUT2D eigenvalue weighted by molar-refractivity contribution is 0.0754. The summed E-state index contributed by atoms with van der Waals surface area (Å²) in [6.07, 6.45) is 3.73. The number of anilines is 1. The van der Waals surface area contributed by atoms with Crippen molar-refractivity contribution in [2.24, 2.45) is 0 Å². The molecule has 0 fully saturated rings. The average Bonchev–Trinajstić information content (AvgIpc) is 2.43. The number of amides is 1. The number of hydrogen-bond donors (Lipinski definition) is 2. The van der Waals surface area contributed by atoms with Crippen LogP contribution in [0.2, 0.25) is 0 Å². The first-order chi connectivity index (χ1) is 9.63. The SMILES string of the molecule is CCNc1ccc(C(=O)NCCCCOC(C)C)cn1. The monoisotopic (exact) mass is 279 g/mol. The molecular weight excluding hydrogens is 254 g/mol. The van der Waals surface area contributed by atoms with E-state index in [4.69, 9.17) is 4.74 Å². The van der Waals surface area contributed by atoms with Crippen molar-refractivity contribution in [1.29, 1.82) is 0 Å². The van der Waals surface area contributed by atoms with E-state index in [1.54, 1.807) is 12.3 Å². The van der Waals surface area contributed by atoms with Gasteiger partial charge in [0.1, 0.15) is 5.82 Å². The van der Waals surface area contributed by atoms with Crippen LogP contribution < -0.4 is 10.6 Å². The lowest BCUT2D eigenvalue weighted by Crippen LogP contribution is -2.24. The van der Waals surface area contributed by atoms with E-state index in [0.29, 0.717) is 12.1 Å². The van der Waals surface area contributed by atoms with Gasteiger partial charge < -0.3 is 15.4 Å². The van der Waals surface area contributed by atoms with Crippen molar-refractivity contribution < 1.29 is 9.53 Å². The Balaban J connectivity index is 2.22. The predicted molar refractivity (Wildman–Crippen MR) is 81.1 cm³/mol. The van der Waals surface area contributed by atoms with E-state index in [1.807, 2.05) is 26.8 Å². The van der Waals surface area contributed by atoms with Gasteiger partial charge in [-0.05, 0) is 45.7 Å². The molecule has 1 aromatic rings. The second-order valence-corrected chi connectivity index (χ2v) is 4.84. The second-order valence-electron chi connectivity index (χ2n) is 4.84. The average molecular weight is 279 g/mol. The van der Waals surface area contributed by atoms with Crippen LogP contribution in [0.25, 0.3) is 0 Å². The molecule has 0 aliphatic carbocycles. The zero-order valence-electron chi connectivity index (χ0n) is 12.6. The van der Waals surface area contributed by atoms with Crippen molar-refractivity contribution in [3.05, 3.63) is 23.9 Å². The molecule has 20 heavy (non-hydrogen) atoms. The zero-order chi connectivity index (χ0) is 14.8. The van der Waals surface area contributed by atoms with E-state index in [0.717, 1.165) is 31.8 Å². The summed E-state index contributed by atoms with van der Waals surface area (Å²) in [6, 6.07) is 3.59. The van der Waals surface area contributed by atoms with E-state index in [1.165, 1.54) is 0 Å². The van der Waals surface area contributed by atoms with Gasteiger partial charge in [-0.2, -0.15) is 0 Å². The van der Waals surface area contributed by atoms with Crippen LogP contribution in [-0.2, 0) is 4.74 Å². The molecule has 0 unspecified atom stereocenters. The lowest BCUT2D eigenvalue weighted by atomic mass is 10.2. The molecule has 1 aromatic heterocycles. The highest BCUT2D eigenvalue weighted by Crippen LogP contribution is 2.04. The molecular formula is C15H25N3O2. The zero-order valence-corrected chi connectivity index (χ0v) is 12.6. The number of carbonyl (C=O) groups excluding carboxylic acids is 1. The molecule has 2 N–H and O–H groups in total. The molecule has 1 rings (SSSR count). The minimum Gasteiger partial charge on any atom is -0.379 e. The fourth-order valence-electron chi connectivity index (χ4n) is 1.66. The maximum absolute atomic E-state index is 11.9. The van der Waals surface area contributed by atoms with Gasteiger partial charge in [-0.1, -0.05) is 0 Å². The fourth-order valence-corrected chi connectivity index (χ4v) is 1.66. The van der Waals surface area contributed by atoms with Gasteiger partial charge in [-0.3, -0.25) is 4.79 Å². The largest absolute Gasteiger partial charge is 0.379 e. The maximum atomic E-state index is 11.9. The standard InChI is InChI=1S/C15H25N3O2/c1-4-16-14-8-7-13(11-18-14)15(19)17-9-5-6-10-20-12(2)3/h7-8,11-12H,4-6,9-10H2,1-3H3,(H,16,18)(H,17,19). The lowest BCUT2D eigenvalue weighted by Gasteiger charge is -2.08. The highest BCUT2D eigenvalue weighted by molar-refractivity contribution is 5.93. The Labute approximate surface area is 121 Å². The highest BCUT2D eigenvalue weighted by Gasteiger charge is 2.05. The molecule has 5 nitrogen and oxygen atoms in total. The number of ether oxygens (including phenoxy) is 1. The Hall–Kier alpha value is -1.62. The van der Waals surface area contributed by atoms with Crippen molar-refractivity contribution >= 4 is 11.7 Å². The van der Waals surface area contributed by atoms with Crippen molar-refractivity contribution in [2.45, 2.75) is 39.7 Å². The van der Waals surface area contributed by atoms with Crippen molar-refractivity contribution in [1.82, 2.24) is 10.3 Å². The Bertz CT molecular complexity index is 391. The van der Waals surface area contributed by atoms with Crippen LogP contribution in [0.15, 0.2) is 18.3 Å². The first-order valence-electron chi connectivity index (χ1n) is 7.23. The number of unbranched alkanes of at least 4 members (excludes halogenated alkanes) is 1. The first-order valence-corrected chi connectivity index (χ1v) is 7.23. The van der Waals surface area contributed by atoms with Gasteiger partial charge in [0.2, 0.25) is 0 Å². The topological polar surface area (TPSA) is 63.2 Å². The number of carbonyl (C=O) groups is 1. The summed E-state index contributed by atoms with van der Waals surface area (Å²) in [7, 11) is 0. The summed E-state index contributed by atoms with van der Waals surface area (Å²) in [6.45, 7) is 8.27. The van der Waals surface area contributed by atoms with Gasteiger partial charge in [0.15, 0.2) is 0 Å².